The third-order valence-electron chi connectivity index (χ3n) is 2.23. The summed E-state index contributed by atoms with van der Waals surface area (Å²) in [5.41, 5.74) is 0. The molecule has 2 rings (SSSR count). The maximum atomic E-state index is 8.54. The normalized spacial score (nSPS) is 16.8. The van der Waals surface area contributed by atoms with E-state index in [9.17, 15) is 0 Å². The summed E-state index contributed by atoms with van der Waals surface area (Å²) in [4.78, 5) is 11.4. The van der Waals surface area contributed by atoms with Crippen molar-refractivity contribution in [1.29, 1.82) is 0 Å². The first-order valence-electron chi connectivity index (χ1n) is 4.86. The van der Waals surface area contributed by atoms with Crippen molar-refractivity contribution in [2.45, 2.75) is 13.0 Å². The molecule has 0 aliphatic carbocycles. The molecule has 0 amide bonds. The fraction of sp³-hybridized carbons (Fsp3) is 0.444. The van der Waals surface area contributed by atoms with Crippen LogP contribution in [0.15, 0.2) is 16.3 Å². The summed E-state index contributed by atoms with van der Waals surface area (Å²) in [6, 6.07) is 0. The summed E-state index contributed by atoms with van der Waals surface area (Å²) >= 11 is 7.22. The number of halogens is 1. The van der Waals surface area contributed by atoms with E-state index in [0.29, 0.717) is 16.8 Å². The van der Waals surface area contributed by atoms with Crippen molar-refractivity contribution in [3.05, 3.63) is 15.5 Å². The molecule has 2 heterocycles. The lowest BCUT2D eigenvalue weighted by Crippen LogP contribution is -2.35. The van der Waals surface area contributed by atoms with Crippen LogP contribution in [0.4, 0.5) is 0 Å². The first kappa shape index (κ1) is 11.3. The van der Waals surface area contributed by atoms with Gasteiger partial charge in [0.25, 0.3) is 0 Å². The SMILES string of the molecule is O/N=C/C1=NCCCN1Cc1cnc(Cl)s1. The summed E-state index contributed by atoms with van der Waals surface area (Å²) in [5.74, 6) is 0.707. The van der Waals surface area contributed by atoms with E-state index in [1.165, 1.54) is 17.6 Å². The van der Waals surface area contributed by atoms with Crippen molar-refractivity contribution in [3.8, 4) is 0 Å². The standard InChI is InChI=1S/C9H11ClN4OS/c10-9-12-4-7(16-9)6-14-3-1-2-11-8(14)5-13-15/h4-5,15H,1-3,6H2/b13-5+. The van der Waals surface area contributed by atoms with E-state index in [-0.39, 0.29) is 0 Å². The second-order valence-electron chi connectivity index (χ2n) is 3.34. The molecule has 1 aliphatic rings. The molecule has 0 aromatic carbocycles. The Bertz CT molecular complexity index is 417. The second-order valence-corrected chi connectivity index (χ2v) is 5.04. The zero-order chi connectivity index (χ0) is 11.4. The Morgan fingerprint density at radius 2 is 2.56 bits per heavy atom. The molecule has 86 valence electrons. The number of aromatic nitrogens is 1. The van der Waals surface area contributed by atoms with E-state index in [1.807, 2.05) is 4.90 Å². The molecule has 0 fully saturated rings. The molecule has 5 nitrogen and oxygen atoms in total. The van der Waals surface area contributed by atoms with Gasteiger partial charge in [0.05, 0.1) is 6.54 Å². The number of nitrogens with zero attached hydrogens (tertiary/aromatic N) is 4. The van der Waals surface area contributed by atoms with Crippen LogP contribution in [0.25, 0.3) is 0 Å². The Kier molecular flexibility index (Phi) is 3.74. The zero-order valence-electron chi connectivity index (χ0n) is 8.51. The van der Waals surface area contributed by atoms with Gasteiger partial charge in [0.1, 0.15) is 12.1 Å². The molecule has 1 aromatic heterocycles. The van der Waals surface area contributed by atoms with Crippen LogP contribution in [0.3, 0.4) is 0 Å². The topological polar surface area (TPSA) is 61.1 Å². The average Bonchev–Trinajstić information content (AvgIpc) is 2.67. The van der Waals surface area contributed by atoms with Crippen molar-refractivity contribution < 1.29 is 5.21 Å². The average molecular weight is 259 g/mol. The summed E-state index contributed by atoms with van der Waals surface area (Å²) in [5, 5.41) is 11.6. The first-order chi connectivity index (χ1) is 7.79. The fourth-order valence-corrected chi connectivity index (χ4v) is 2.54. The first-order valence-corrected chi connectivity index (χ1v) is 6.06. The Labute approximate surface area is 102 Å². The van der Waals surface area contributed by atoms with Crippen molar-refractivity contribution in [2.24, 2.45) is 10.1 Å². The molecule has 0 radical (unpaired) electrons. The van der Waals surface area contributed by atoms with Gasteiger partial charge in [-0.05, 0) is 6.42 Å². The third-order valence-corrected chi connectivity index (χ3v) is 3.33. The van der Waals surface area contributed by atoms with Crippen LogP contribution < -0.4 is 0 Å². The highest BCUT2D eigenvalue weighted by Gasteiger charge is 2.15. The van der Waals surface area contributed by atoms with Crippen LogP contribution in [0.1, 0.15) is 11.3 Å². The van der Waals surface area contributed by atoms with E-state index in [1.54, 1.807) is 6.20 Å². The van der Waals surface area contributed by atoms with Crippen LogP contribution in [0.5, 0.6) is 0 Å². The molecule has 0 atom stereocenters. The number of hydrogen-bond donors (Lipinski definition) is 1. The second kappa shape index (κ2) is 5.27. The molecular weight excluding hydrogens is 248 g/mol. The number of hydrogen-bond acceptors (Lipinski definition) is 6. The lowest BCUT2D eigenvalue weighted by molar-refractivity contribution is 0.320. The van der Waals surface area contributed by atoms with Gasteiger partial charge >= 0.3 is 0 Å². The number of aliphatic imine (C=N–C) groups is 1. The summed E-state index contributed by atoms with van der Waals surface area (Å²) < 4.78 is 0.543. The largest absolute Gasteiger partial charge is 0.411 e. The highest BCUT2D eigenvalue weighted by atomic mass is 35.5. The molecule has 0 saturated heterocycles. The van der Waals surface area contributed by atoms with Crippen LogP contribution in [-0.4, -0.2) is 40.2 Å². The molecule has 1 aromatic rings. The smallest absolute Gasteiger partial charge is 0.183 e. The quantitative estimate of drug-likeness (QED) is 0.511. The molecule has 16 heavy (non-hydrogen) atoms. The van der Waals surface area contributed by atoms with Gasteiger partial charge in [-0.25, -0.2) is 4.98 Å². The Hall–Kier alpha value is -1.14. The molecule has 7 heteroatoms. The van der Waals surface area contributed by atoms with Crippen LogP contribution in [0.2, 0.25) is 4.47 Å². The Balaban J connectivity index is 2.08. The zero-order valence-corrected chi connectivity index (χ0v) is 10.1. The molecule has 1 aliphatic heterocycles. The number of amidine groups is 1. The van der Waals surface area contributed by atoms with Crippen LogP contribution in [-0.2, 0) is 6.54 Å². The number of rotatable bonds is 3. The lowest BCUT2D eigenvalue weighted by Gasteiger charge is -2.26. The highest BCUT2D eigenvalue weighted by Crippen LogP contribution is 2.20. The molecule has 0 bridgehead atoms. The van der Waals surface area contributed by atoms with E-state index in [0.717, 1.165) is 24.4 Å². The van der Waals surface area contributed by atoms with Gasteiger partial charge in [-0.15, -0.1) is 11.3 Å². The predicted octanol–water partition coefficient (Wildman–Crippen LogP) is 1.86. The van der Waals surface area contributed by atoms with Crippen LogP contribution in [0, 0.1) is 0 Å². The number of thiazole rings is 1. The minimum atomic E-state index is 0.543. The maximum Gasteiger partial charge on any atom is 0.183 e. The van der Waals surface area contributed by atoms with Gasteiger partial charge in [-0.1, -0.05) is 16.8 Å². The minimum absolute atomic E-state index is 0.543. The van der Waals surface area contributed by atoms with E-state index >= 15 is 0 Å². The van der Waals surface area contributed by atoms with Gasteiger partial charge < -0.3 is 10.1 Å². The molecule has 0 unspecified atom stereocenters. The third kappa shape index (κ3) is 2.70. The fourth-order valence-electron chi connectivity index (χ4n) is 1.55. The van der Waals surface area contributed by atoms with Crippen molar-refractivity contribution in [3.63, 3.8) is 0 Å². The number of oxime groups is 1. The van der Waals surface area contributed by atoms with Gasteiger partial charge in [0.15, 0.2) is 4.47 Å². The van der Waals surface area contributed by atoms with E-state index in [4.69, 9.17) is 16.8 Å². The molecular formula is C9H11ClN4OS. The van der Waals surface area contributed by atoms with Gasteiger partial charge in [-0.3, -0.25) is 4.99 Å². The minimum Gasteiger partial charge on any atom is -0.411 e. The van der Waals surface area contributed by atoms with Gasteiger partial charge in [0.2, 0.25) is 0 Å². The van der Waals surface area contributed by atoms with E-state index in [2.05, 4.69) is 15.1 Å². The lowest BCUT2D eigenvalue weighted by atomic mass is 10.3. The molecule has 0 spiro atoms. The van der Waals surface area contributed by atoms with Crippen molar-refractivity contribution in [2.75, 3.05) is 13.1 Å². The highest BCUT2D eigenvalue weighted by molar-refractivity contribution is 7.15. The monoisotopic (exact) mass is 258 g/mol. The molecule has 1 N–H and O–H groups in total. The maximum absolute atomic E-state index is 8.54. The van der Waals surface area contributed by atoms with Gasteiger partial charge in [0, 0.05) is 24.2 Å². The predicted molar refractivity (Wildman–Crippen MR) is 64.7 cm³/mol. The molecule has 0 saturated carbocycles. The Morgan fingerprint density at radius 3 is 3.25 bits per heavy atom. The summed E-state index contributed by atoms with van der Waals surface area (Å²) in [7, 11) is 0. The summed E-state index contributed by atoms with van der Waals surface area (Å²) in [6.45, 7) is 2.39. The van der Waals surface area contributed by atoms with Crippen LogP contribution >= 0.6 is 22.9 Å². The van der Waals surface area contributed by atoms with Crippen molar-refractivity contribution in [1.82, 2.24) is 9.88 Å². The Morgan fingerprint density at radius 1 is 1.69 bits per heavy atom. The van der Waals surface area contributed by atoms with Crippen molar-refractivity contribution >= 4 is 35.0 Å². The van der Waals surface area contributed by atoms with Gasteiger partial charge in [-0.2, -0.15) is 0 Å². The van der Waals surface area contributed by atoms with E-state index < -0.39 is 0 Å². The summed E-state index contributed by atoms with van der Waals surface area (Å²) in [6.07, 6.45) is 4.13.